The number of cyclic esters (lactones) is 1. The molecule has 1 aliphatic heterocycles. The maximum Gasteiger partial charge on any atom is 0.411 e. The van der Waals surface area contributed by atoms with E-state index in [1.165, 1.54) is 0 Å². The summed E-state index contributed by atoms with van der Waals surface area (Å²) in [5.41, 5.74) is 0.137. The molecule has 0 radical (unpaired) electrons. The van der Waals surface area contributed by atoms with Crippen molar-refractivity contribution in [3.63, 3.8) is 0 Å². The van der Waals surface area contributed by atoms with Gasteiger partial charge < -0.3 is 4.74 Å². The molecule has 1 spiro atoms. The lowest BCUT2D eigenvalue weighted by Gasteiger charge is -2.16. The quantitative estimate of drug-likeness (QED) is 0.401. The number of alkyl halides is 1. The highest BCUT2D eigenvalue weighted by Gasteiger charge is 2.55. The Labute approximate surface area is 72.8 Å². The van der Waals surface area contributed by atoms with E-state index >= 15 is 0 Å². The molecule has 4 heteroatoms. The third kappa shape index (κ3) is 0.741. The van der Waals surface area contributed by atoms with Gasteiger partial charge in [-0.2, -0.15) is 0 Å². The van der Waals surface area contributed by atoms with Gasteiger partial charge in [-0.1, -0.05) is 22.6 Å². The fraction of sp³-hybridized carbons (Fsp3) is 0.833. The van der Waals surface area contributed by atoms with Crippen molar-refractivity contribution < 1.29 is 9.53 Å². The molecule has 2 aliphatic rings. The van der Waals surface area contributed by atoms with Gasteiger partial charge in [0.25, 0.3) is 0 Å². The van der Waals surface area contributed by atoms with Crippen molar-refractivity contribution in [2.75, 3.05) is 11.2 Å². The standard InChI is InChI=1S/C6H8INO2/c7-4-8-5(9)10-3-6(8)1-2-6/h1-4H2. The van der Waals surface area contributed by atoms with E-state index in [4.69, 9.17) is 4.74 Å². The summed E-state index contributed by atoms with van der Waals surface area (Å²) in [5.74, 6) is 0. The number of carbonyl (C=O) groups is 1. The van der Waals surface area contributed by atoms with E-state index in [0.717, 1.165) is 17.4 Å². The van der Waals surface area contributed by atoms with E-state index in [2.05, 4.69) is 22.6 Å². The van der Waals surface area contributed by atoms with Crippen molar-refractivity contribution in [1.82, 2.24) is 4.90 Å². The summed E-state index contributed by atoms with van der Waals surface area (Å²) in [6.07, 6.45) is 2.12. The minimum Gasteiger partial charge on any atom is -0.447 e. The molecule has 0 aromatic heterocycles. The molecule has 0 atom stereocenters. The predicted molar refractivity (Wildman–Crippen MR) is 44.0 cm³/mol. The van der Waals surface area contributed by atoms with Gasteiger partial charge in [0.2, 0.25) is 0 Å². The molecule has 2 rings (SSSR count). The zero-order chi connectivity index (χ0) is 7.19. The molecule has 1 saturated carbocycles. The summed E-state index contributed by atoms with van der Waals surface area (Å²) in [5, 5.41) is 0. The van der Waals surface area contributed by atoms with Crippen molar-refractivity contribution in [2.45, 2.75) is 18.4 Å². The lowest BCUT2D eigenvalue weighted by molar-refractivity contribution is 0.162. The second-order valence-corrected chi connectivity index (χ2v) is 3.51. The number of ether oxygens (including phenoxy) is 1. The highest BCUT2D eigenvalue weighted by atomic mass is 127. The SMILES string of the molecule is O=C1OCC2(CC2)N1CI. The van der Waals surface area contributed by atoms with E-state index < -0.39 is 0 Å². The van der Waals surface area contributed by atoms with Gasteiger partial charge in [-0.05, 0) is 12.8 Å². The Morgan fingerprint density at radius 1 is 1.70 bits per heavy atom. The first-order chi connectivity index (χ1) is 4.78. The van der Waals surface area contributed by atoms with E-state index in [0.29, 0.717) is 6.61 Å². The van der Waals surface area contributed by atoms with Crippen molar-refractivity contribution in [2.24, 2.45) is 0 Å². The summed E-state index contributed by atoms with van der Waals surface area (Å²) in [7, 11) is 0. The summed E-state index contributed by atoms with van der Waals surface area (Å²) >= 11 is 2.20. The smallest absolute Gasteiger partial charge is 0.411 e. The largest absolute Gasteiger partial charge is 0.447 e. The molecule has 0 aromatic rings. The molecular formula is C6H8INO2. The molecule has 56 valence electrons. The Balaban J connectivity index is 2.17. The molecule has 1 saturated heterocycles. The maximum atomic E-state index is 11.0. The lowest BCUT2D eigenvalue weighted by Crippen LogP contribution is -2.33. The third-order valence-electron chi connectivity index (χ3n) is 2.20. The summed E-state index contributed by atoms with van der Waals surface area (Å²) in [4.78, 5) is 12.8. The molecule has 1 amide bonds. The minimum atomic E-state index is -0.132. The van der Waals surface area contributed by atoms with Crippen LogP contribution in [0.4, 0.5) is 4.79 Å². The second-order valence-electron chi connectivity index (χ2n) is 2.83. The van der Waals surface area contributed by atoms with E-state index in [1.54, 1.807) is 0 Å². The number of hydrogen-bond donors (Lipinski definition) is 0. The fourth-order valence-corrected chi connectivity index (χ4v) is 2.28. The number of carbonyl (C=O) groups excluding carboxylic acids is 1. The van der Waals surface area contributed by atoms with Crippen LogP contribution in [-0.4, -0.2) is 27.7 Å². The first kappa shape index (κ1) is 6.69. The lowest BCUT2D eigenvalue weighted by atomic mass is 10.3. The van der Waals surface area contributed by atoms with Gasteiger partial charge in [0.1, 0.15) is 6.61 Å². The second kappa shape index (κ2) is 1.99. The van der Waals surface area contributed by atoms with Crippen LogP contribution in [0.15, 0.2) is 0 Å². The van der Waals surface area contributed by atoms with Crippen LogP contribution in [0.1, 0.15) is 12.8 Å². The molecule has 1 aliphatic carbocycles. The molecule has 10 heavy (non-hydrogen) atoms. The van der Waals surface area contributed by atoms with Crippen LogP contribution in [-0.2, 0) is 4.74 Å². The average molecular weight is 253 g/mol. The topological polar surface area (TPSA) is 29.5 Å². The van der Waals surface area contributed by atoms with Gasteiger partial charge in [0.05, 0.1) is 10.1 Å². The van der Waals surface area contributed by atoms with E-state index in [1.807, 2.05) is 4.90 Å². The van der Waals surface area contributed by atoms with Crippen molar-refractivity contribution in [1.29, 1.82) is 0 Å². The molecule has 0 bridgehead atoms. The Morgan fingerprint density at radius 3 is 2.80 bits per heavy atom. The normalized spacial score (nSPS) is 27.3. The number of nitrogens with zero attached hydrogens (tertiary/aromatic N) is 1. The van der Waals surface area contributed by atoms with Crippen LogP contribution < -0.4 is 0 Å². The van der Waals surface area contributed by atoms with E-state index in [9.17, 15) is 4.79 Å². The van der Waals surface area contributed by atoms with Gasteiger partial charge in [0.15, 0.2) is 0 Å². The highest BCUT2D eigenvalue weighted by Crippen LogP contribution is 2.45. The molecule has 0 N–H and O–H groups in total. The zero-order valence-corrected chi connectivity index (χ0v) is 7.63. The number of halogens is 1. The van der Waals surface area contributed by atoms with Crippen LogP contribution in [0, 0.1) is 0 Å². The number of rotatable bonds is 1. The van der Waals surface area contributed by atoms with Crippen molar-refractivity contribution >= 4 is 28.7 Å². The summed E-state index contributed by atoms with van der Waals surface area (Å²) in [6.45, 7) is 0.620. The predicted octanol–water partition coefficient (Wildman–Crippen LogP) is 1.36. The molecule has 2 fully saturated rings. The van der Waals surface area contributed by atoms with Gasteiger partial charge in [-0.15, -0.1) is 0 Å². The summed E-state index contributed by atoms with van der Waals surface area (Å²) in [6, 6.07) is 0. The fourth-order valence-electron chi connectivity index (χ4n) is 1.28. The van der Waals surface area contributed by atoms with Crippen LogP contribution in [0.5, 0.6) is 0 Å². The minimum absolute atomic E-state index is 0.132. The zero-order valence-electron chi connectivity index (χ0n) is 5.47. The molecular weight excluding hydrogens is 245 g/mol. The molecule has 0 unspecified atom stereocenters. The van der Waals surface area contributed by atoms with Gasteiger partial charge in [-0.25, -0.2) is 4.79 Å². The van der Waals surface area contributed by atoms with Crippen molar-refractivity contribution in [3.05, 3.63) is 0 Å². The summed E-state index contributed by atoms with van der Waals surface area (Å²) < 4.78 is 5.68. The van der Waals surface area contributed by atoms with E-state index in [-0.39, 0.29) is 11.6 Å². The maximum absolute atomic E-state index is 11.0. The Bertz CT molecular complexity index is 179. The van der Waals surface area contributed by atoms with Crippen molar-refractivity contribution in [3.8, 4) is 0 Å². The third-order valence-corrected chi connectivity index (χ3v) is 2.89. The van der Waals surface area contributed by atoms with Crippen LogP contribution in [0.3, 0.4) is 0 Å². The number of amides is 1. The highest BCUT2D eigenvalue weighted by molar-refractivity contribution is 14.1. The number of hydrogen-bond acceptors (Lipinski definition) is 2. The van der Waals surface area contributed by atoms with Gasteiger partial charge in [0, 0.05) is 0 Å². The Hall–Kier alpha value is 0. The van der Waals surface area contributed by atoms with Crippen LogP contribution >= 0.6 is 22.6 Å². The van der Waals surface area contributed by atoms with Crippen LogP contribution in [0.2, 0.25) is 0 Å². The van der Waals surface area contributed by atoms with Crippen LogP contribution in [0.25, 0.3) is 0 Å². The first-order valence-electron chi connectivity index (χ1n) is 3.29. The Morgan fingerprint density at radius 2 is 2.40 bits per heavy atom. The average Bonchev–Trinajstić information content (AvgIpc) is 2.60. The molecule has 3 nitrogen and oxygen atoms in total. The molecule has 1 heterocycles. The Kier molecular flexibility index (Phi) is 1.33. The van der Waals surface area contributed by atoms with Gasteiger partial charge in [-0.3, -0.25) is 4.90 Å². The monoisotopic (exact) mass is 253 g/mol. The molecule has 0 aromatic carbocycles. The first-order valence-corrected chi connectivity index (χ1v) is 4.81. The van der Waals surface area contributed by atoms with Gasteiger partial charge >= 0.3 is 6.09 Å².